The Hall–Kier alpha value is -3.34. The number of aromatic nitrogens is 5. The van der Waals surface area contributed by atoms with Crippen molar-refractivity contribution in [3.05, 3.63) is 56.0 Å². The van der Waals surface area contributed by atoms with Gasteiger partial charge in [0.05, 0.1) is 6.61 Å². The number of nitrogens with zero attached hydrogens (tertiary/aromatic N) is 5. The summed E-state index contributed by atoms with van der Waals surface area (Å²) in [4.78, 5) is 28.8. The van der Waals surface area contributed by atoms with Crippen molar-refractivity contribution in [1.29, 1.82) is 0 Å². The first-order chi connectivity index (χ1) is 14.9. The summed E-state index contributed by atoms with van der Waals surface area (Å²) in [7, 11) is 1.49. The van der Waals surface area contributed by atoms with Crippen molar-refractivity contribution in [1.82, 2.24) is 25.0 Å². The molecule has 0 radical (unpaired) electrons. The Bertz CT molecular complexity index is 1140. The molecule has 3 aromatic rings. The monoisotopic (exact) mass is 442 g/mol. The zero-order valence-electron chi connectivity index (χ0n) is 17.4. The Labute approximate surface area is 182 Å². The molecule has 1 saturated carbocycles. The summed E-state index contributed by atoms with van der Waals surface area (Å²) < 4.78 is 12.0. The fourth-order valence-electron chi connectivity index (χ4n) is 3.10. The number of anilines is 1. The van der Waals surface area contributed by atoms with E-state index in [2.05, 4.69) is 31.7 Å². The van der Waals surface area contributed by atoms with Gasteiger partial charge < -0.3 is 9.47 Å². The summed E-state index contributed by atoms with van der Waals surface area (Å²) in [5.74, 6) is 0.954. The van der Waals surface area contributed by atoms with E-state index in [0.29, 0.717) is 23.5 Å². The molecule has 3 heterocycles. The maximum absolute atomic E-state index is 12.3. The average molecular weight is 443 g/mol. The molecule has 11 heteroatoms. The van der Waals surface area contributed by atoms with E-state index in [4.69, 9.17) is 9.47 Å². The number of hydrogen-bond donors (Lipinski definition) is 1. The lowest BCUT2D eigenvalue weighted by Gasteiger charge is -2.10. The van der Waals surface area contributed by atoms with Crippen LogP contribution in [0.5, 0.6) is 5.88 Å². The van der Waals surface area contributed by atoms with Crippen molar-refractivity contribution < 1.29 is 14.3 Å². The second kappa shape index (κ2) is 8.80. The second-order valence-electron chi connectivity index (χ2n) is 7.41. The molecule has 0 spiro atoms. The summed E-state index contributed by atoms with van der Waals surface area (Å²) in [6.45, 7) is 4.24. The van der Waals surface area contributed by atoms with Crippen LogP contribution in [-0.2, 0) is 18.4 Å². The number of aryl methyl sites for hydroxylation is 3. The van der Waals surface area contributed by atoms with Gasteiger partial charge in [0, 0.05) is 36.8 Å². The Morgan fingerprint density at radius 1 is 1.32 bits per heavy atom. The normalized spacial score (nSPS) is 17.3. The van der Waals surface area contributed by atoms with E-state index in [1.54, 1.807) is 0 Å². The maximum atomic E-state index is 12.3. The molecular weight excluding hydrogens is 420 g/mol. The van der Waals surface area contributed by atoms with Gasteiger partial charge in [-0.15, -0.1) is 15.3 Å². The van der Waals surface area contributed by atoms with E-state index in [1.165, 1.54) is 24.5 Å². The zero-order chi connectivity index (χ0) is 22.0. The lowest BCUT2D eigenvalue weighted by Crippen LogP contribution is -2.26. The largest absolute Gasteiger partial charge is 0.476 e. The predicted molar refractivity (Wildman–Crippen MR) is 113 cm³/mol. The van der Waals surface area contributed by atoms with Gasteiger partial charge in [-0.3, -0.25) is 15.1 Å². The molecule has 162 valence electrons. The van der Waals surface area contributed by atoms with Crippen LogP contribution in [0, 0.1) is 19.8 Å². The number of pyridine rings is 1. The van der Waals surface area contributed by atoms with Crippen LogP contribution >= 0.6 is 11.3 Å². The molecule has 10 nitrogen and oxygen atoms in total. The van der Waals surface area contributed by atoms with Crippen LogP contribution < -0.4 is 15.6 Å². The molecule has 4 rings (SSSR count). The number of amides is 1. The quantitative estimate of drug-likeness (QED) is 0.593. The fraction of sp³-hybridized carbons (Fsp3) is 0.400. The molecule has 2 atom stereocenters. The molecule has 31 heavy (non-hydrogen) atoms. The number of nitrogens with one attached hydrogen (secondary N) is 1. The lowest BCUT2D eigenvalue weighted by atomic mass is 10.2. The summed E-state index contributed by atoms with van der Waals surface area (Å²) >= 11 is 1.33. The van der Waals surface area contributed by atoms with Gasteiger partial charge in [0.25, 0.3) is 5.56 Å². The molecule has 1 N–H and O–H groups in total. The summed E-state index contributed by atoms with van der Waals surface area (Å²) in [6, 6.07) is 5.50. The second-order valence-corrected chi connectivity index (χ2v) is 8.68. The highest BCUT2D eigenvalue weighted by molar-refractivity contribution is 7.11. The highest BCUT2D eigenvalue weighted by Crippen LogP contribution is 2.46. The Morgan fingerprint density at radius 2 is 2.16 bits per heavy atom. The number of hydrogen-bond acceptors (Lipinski definition) is 9. The van der Waals surface area contributed by atoms with Gasteiger partial charge in [-0.05, 0) is 31.9 Å². The minimum atomic E-state index is -0.769. The van der Waals surface area contributed by atoms with Gasteiger partial charge >= 0.3 is 6.09 Å². The van der Waals surface area contributed by atoms with Crippen molar-refractivity contribution in [2.24, 2.45) is 13.0 Å². The molecule has 0 bridgehead atoms. The molecule has 0 aromatic carbocycles. The van der Waals surface area contributed by atoms with Gasteiger partial charge in [0.2, 0.25) is 5.88 Å². The van der Waals surface area contributed by atoms with Crippen molar-refractivity contribution in [2.75, 3.05) is 11.9 Å². The van der Waals surface area contributed by atoms with Gasteiger partial charge in [-0.25, -0.2) is 9.48 Å². The first-order valence-electron chi connectivity index (χ1n) is 9.75. The molecule has 0 aliphatic heterocycles. The van der Waals surface area contributed by atoms with Crippen LogP contribution in [0.15, 0.2) is 29.2 Å². The van der Waals surface area contributed by atoms with E-state index in [9.17, 15) is 9.59 Å². The van der Waals surface area contributed by atoms with Crippen molar-refractivity contribution in [2.45, 2.75) is 32.8 Å². The predicted octanol–water partition coefficient (Wildman–Crippen LogP) is 2.57. The third kappa shape index (κ3) is 5.23. The number of ether oxygens (including phenoxy) is 2. The summed E-state index contributed by atoms with van der Waals surface area (Å²) in [5.41, 5.74) is 1.75. The standard InChI is InChI=1S/C20H22N6O4S/c1-11-4-5-15(21-8-11)14-6-13(14)9-29-17-7-16(19(27)26(3)25-17)22-20(28)30-10-18-24-23-12(2)31-18/h4-5,7-8,13-14H,6,9-10H2,1-3H3,(H,22,28)/t13-,14+/m1/s1. The summed E-state index contributed by atoms with van der Waals surface area (Å²) in [6.07, 6.45) is 2.09. The number of rotatable bonds is 7. The van der Waals surface area contributed by atoms with E-state index in [1.807, 2.05) is 26.1 Å². The van der Waals surface area contributed by atoms with Gasteiger partial charge in [0.1, 0.15) is 17.3 Å². The Morgan fingerprint density at radius 3 is 2.87 bits per heavy atom. The lowest BCUT2D eigenvalue weighted by molar-refractivity contribution is 0.154. The highest BCUT2D eigenvalue weighted by atomic mass is 32.1. The van der Waals surface area contributed by atoms with Crippen LogP contribution in [0.25, 0.3) is 0 Å². The summed E-state index contributed by atoms with van der Waals surface area (Å²) in [5, 5.41) is 15.6. The first kappa shape index (κ1) is 20.9. The highest BCUT2D eigenvalue weighted by Gasteiger charge is 2.40. The minimum Gasteiger partial charge on any atom is -0.476 e. The molecule has 1 fully saturated rings. The third-order valence-electron chi connectivity index (χ3n) is 4.85. The smallest absolute Gasteiger partial charge is 0.412 e. The third-order valence-corrected chi connectivity index (χ3v) is 5.67. The Balaban J connectivity index is 1.33. The van der Waals surface area contributed by atoms with Crippen LogP contribution in [0.1, 0.15) is 33.6 Å². The van der Waals surface area contributed by atoms with Gasteiger partial charge in [-0.2, -0.15) is 0 Å². The van der Waals surface area contributed by atoms with E-state index >= 15 is 0 Å². The van der Waals surface area contributed by atoms with Gasteiger partial charge in [-0.1, -0.05) is 17.4 Å². The van der Waals surface area contributed by atoms with Crippen LogP contribution in [0.3, 0.4) is 0 Å². The van der Waals surface area contributed by atoms with Crippen molar-refractivity contribution in [3.8, 4) is 5.88 Å². The molecule has 1 aliphatic carbocycles. The van der Waals surface area contributed by atoms with Gasteiger partial charge in [0.15, 0.2) is 5.01 Å². The zero-order valence-corrected chi connectivity index (χ0v) is 18.2. The molecule has 0 saturated heterocycles. The molecular formula is C20H22N6O4S. The molecule has 1 amide bonds. The number of carbonyl (C=O) groups is 1. The van der Waals surface area contributed by atoms with Crippen LogP contribution in [0.2, 0.25) is 0 Å². The van der Waals surface area contributed by atoms with Crippen molar-refractivity contribution >= 4 is 23.1 Å². The van der Waals surface area contributed by atoms with Crippen LogP contribution in [-0.4, -0.2) is 37.7 Å². The van der Waals surface area contributed by atoms with E-state index in [-0.39, 0.29) is 18.2 Å². The van der Waals surface area contributed by atoms with Crippen molar-refractivity contribution in [3.63, 3.8) is 0 Å². The molecule has 3 aromatic heterocycles. The van der Waals surface area contributed by atoms with E-state index < -0.39 is 11.7 Å². The number of carbonyl (C=O) groups excluding carboxylic acids is 1. The molecule has 1 aliphatic rings. The maximum Gasteiger partial charge on any atom is 0.412 e. The molecule has 0 unspecified atom stereocenters. The first-order valence-corrected chi connectivity index (χ1v) is 10.6. The fourth-order valence-corrected chi connectivity index (χ4v) is 3.72. The van der Waals surface area contributed by atoms with E-state index in [0.717, 1.165) is 27.4 Å². The average Bonchev–Trinajstić information content (AvgIpc) is 3.40. The SMILES string of the molecule is Cc1ccc([C@H]2C[C@@H]2COc2cc(NC(=O)OCc3nnc(C)s3)c(=O)n(C)n2)nc1. The Kier molecular flexibility index (Phi) is 5.94. The minimum absolute atomic E-state index is 0.0256. The topological polar surface area (TPSA) is 121 Å². The van der Waals surface area contributed by atoms with Crippen LogP contribution in [0.4, 0.5) is 10.5 Å².